The zero-order chi connectivity index (χ0) is 16.6. The highest BCUT2D eigenvalue weighted by molar-refractivity contribution is 5.92. The van der Waals surface area contributed by atoms with E-state index in [1.54, 1.807) is 4.68 Å². The zero-order valence-corrected chi connectivity index (χ0v) is 13.6. The van der Waals surface area contributed by atoms with Crippen LogP contribution in [0.15, 0.2) is 35.5 Å². The Bertz CT molecular complexity index is 761. The molecule has 1 aliphatic rings. The number of fused-ring (bicyclic) bond motifs is 1. The highest BCUT2D eigenvalue weighted by atomic mass is 16.5. The quantitative estimate of drug-likeness (QED) is 0.875. The third-order valence-corrected chi connectivity index (χ3v) is 3.67. The summed E-state index contributed by atoms with van der Waals surface area (Å²) in [4.78, 5) is 12.6. The highest BCUT2D eigenvalue weighted by Crippen LogP contribution is 2.35. The number of benzene rings is 1. The van der Waals surface area contributed by atoms with Crippen LogP contribution in [-0.4, -0.2) is 32.3 Å². The number of rotatable bonds is 3. The van der Waals surface area contributed by atoms with Crippen molar-refractivity contribution in [2.75, 3.05) is 5.32 Å². The molecule has 1 aromatic heterocycles. The molecule has 1 aliphatic heterocycles. The van der Waals surface area contributed by atoms with Crippen molar-refractivity contribution in [1.29, 1.82) is 0 Å². The summed E-state index contributed by atoms with van der Waals surface area (Å²) in [6.45, 7) is 7.50. The second-order valence-corrected chi connectivity index (χ2v) is 5.88. The minimum atomic E-state index is -0.409. The molecule has 0 bridgehead atoms. The first-order valence-electron chi connectivity index (χ1n) is 7.50. The summed E-state index contributed by atoms with van der Waals surface area (Å²) in [5.74, 6) is 0.144. The molecule has 0 saturated heterocycles. The predicted molar refractivity (Wildman–Crippen MR) is 84.7 cm³/mol. The Hall–Kier alpha value is -2.70. The summed E-state index contributed by atoms with van der Waals surface area (Å²) < 4.78 is 7.01. The van der Waals surface area contributed by atoms with Crippen LogP contribution in [0, 0.1) is 6.92 Å². The molecule has 7 heteroatoms. The standard InChI is InChI=1S/C16H19N5O2/c1-9(2)23-15(22)13-11(4)17-16-18-19-20-21(16)14(13)12-7-5-10(3)6-8-12/h5-9,14H,1-4H3,(H,17,18,20). The number of aryl methyl sites for hydroxylation is 1. The van der Waals surface area contributed by atoms with Crippen LogP contribution in [0.4, 0.5) is 5.95 Å². The lowest BCUT2D eigenvalue weighted by atomic mass is 9.95. The summed E-state index contributed by atoms with van der Waals surface area (Å²) in [7, 11) is 0. The van der Waals surface area contributed by atoms with Crippen molar-refractivity contribution in [3.8, 4) is 0 Å². The number of nitrogens with zero attached hydrogens (tertiary/aromatic N) is 4. The minimum Gasteiger partial charge on any atom is -0.459 e. The molecule has 0 saturated carbocycles. The molecule has 0 fully saturated rings. The Morgan fingerprint density at radius 2 is 1.96 bits per heavy atom. The lowest BCUT2D eigenvalue weighted by Crippen LogP contribution is -2.30. The molecule has 120 valence electrons. The van der Waals surface area contributed by atoms with Gasteiger partial charge in [0.1, 0.15) is 6.04 Å². The molecular weight excluding hydrogens is 294 g/mol. The van der Waals surface area contributed by atoms with Gasteiger partial charge < -0.3 is 10.1 Å². The van der Waals surface area contributed by atoms with E-state index in [2.05, 4.69) is 20.8 Å². The largest absolute Gasteiger partial charge is 0.459 e. The van der Waals surface area contributed by atoms with Gasteiger partial charge >= 0.3 is 5.97 Å². The fourth-order valence-electron chi connectivity index (χ4n) is 2.61. The number of esters is 1. The first-order valence-corrected chi connectivity index (χ1v) is 7.50. The number of allylic oxidation sites excluding steroid dienone is 1. The summed E-state index contributed by atoms with van der Waals surface area (Å²) in [6.07, 6.45) is -0.197. The average molecular weight is 313 g/mol. The number of hydrogen-bond donors (Lipinski definition) is 1. The van der Waals surface area contributed by atoms with Crippen molar-refractivity contribution >= 4 is 11.9 Å². The molecule has 1 N–H and O–H groups in total. The molecular formula is C16H19N5O2. The van der Waals surface area contributed by atoms with Gasteiger partial charge in [-0.3, -0.25) is 0 Å². The maximum absolute atomic E-state index is 12.6. The Morgan fingerprint density at radius 3 is 2.61 bits per heavy atom. The van der Waals surface area contributed by atoms with E-state index in [9.17, 15) is 4.79 Å². The number of aromatic nitrogens is 4. The van der Waals surface area contributed by atoms with Crippen LogP contribution in [0.5, 0.6) is 0 Å². The highest BCUT2D eigenvalue weighted by Gasteiger charge is 2.35. The molecule has 23 heavy (non-hydrogen) atoms. The smallest absolute Gasteiger partial charge is 0.338 e. The molecule has 1 atom stereocenters. The van der Waals surface area contributed by atoms with Crippen molar-refractivity contribution < 1.29 is 9.53 Å². The molecule has 2 aromatic rings. The molecule has 0 spiro atoms. The SMILES string of the molecule is CC1=C(C(=O)OC(C)C)C(c2ccc(C)cc2)n2nnnc2N1. The van der Waals surface area contributed by atoms with Gasteiger partial charge in [0.15, 0.2) is 0 Å². The van der Waals surface area contributed by atoms with Crippen molar-refractivity contribution in [3.63, 3.8) is 0 Å². The second kappa shape index (κ2) is 5.83. The van der Waals surface area contributed by atoms with E-state index in [0.717, 1.165) is 11.1 Å². The van der Waals surface area contributed by atoms with Gasteiger partial charge in [-0.05, 0) is 43.7 Å². The van der Waals surface area contributed by atoms with Gasteiger partial charge in [-0.15, -0.1) is 0 Å². The van der Waals surface area contributed by atoms with Crippen LogP contribution in [0.25, 0.3) is 0 Å². The van der Waals surface area contributed by atoms with Gasteiger partial charge in [-0.25, -0.2) is 4.79 Å². The summed E-state index contributed by atoms with van der Waals surface area (Å²) >= 11 is 0. The third kappa shape index (κ3) is 2.81. The van der Waals surface area contributed by atoms with Crippen molar-refractivity contribution in [2.45, 2.75) is 39.8 Å². The van der Waals surface area contributed by atoms with E-state index < -0.39 is 6.04 Å². The van der Waals surface area contributed by atoms with Crippen molar-refractivity contribution in [2.24, 2.45) is 0 Å². The maximum atomic E-state index is 12.6. The summed E-state index contributed by atoms with van der Waals surface area (Å²) in [6, 6.07) is 7.55. The van der Waals surface area contributed by atoms with Gasteiger partial charge in [-0.1, -0.05) is 34.9 Å². The second-order valence-electron chi connectivity index (χ2n) is 5.88. The number of anilines is 1. The fraction of sp³-hybridized carbons (Fsp3) is 0.375. The molecule has 0 radical (unpaired) electrons. The summed E-state index contributed by atoms with van der Waals surface area (Å²) in [5.41, 5.74) is 3.29. The van der Waals surface area contributed by atoms with Gasteiger partial charge in [0, 0.05) is 5.70 Å². The minimum absolute atomic E-state index is 0.197. The van der Waals surface area contributed by atoms with E-state index in [0.29, 0.717) is 17.2 Å². The lowest BCUT2D eigenvalue weighted by Gasteiger charge is -2.27. The van der Waals surface area contributed by atoms with Crippen LogP contribution in [0.1, 0.15) is 37.9 Å². The number of nitrogens with one attached hydrogen (secondary N) is 1. The Labute approximate surface area is 134 Å². The van der Waals surface area contributed by atoms with Crippen LogP contribution in [0.2, 0.25) is 0 Å². The first-order chi connectivity index (χ1) is 11.0. The Kier molecular flexibility index (Phi) is 3.85. The first kappa shape index (κ1) is 15.2. The topological polar surface area (TPSA) is 81.9 Å². The fourth-order valence-corrected chi connectivity index (χ4v) is 2.61. The van der Waals surface area contributed by atoms with E-state index in [1.165, 1.54) is 0 Å². The molecule has 0 aliphatic carbocycles. The van der Waals surface area contributed by atoms with Crippen LogP contribution in [-0.2, 0) is 9.53 Å². The Morgan fingerprint density at radius 1 is 1.26 bits per heavy atom. The van der Waals surface area contributed by atoms with Gasteiger partial charge in [0.2, 0.25) is 5.95 Å². The van der Waals surface area contributed by atoms with Crippen LogP contribution >= 0.6 is 0 Å². The number of carbonyl (C=O) groups excluding carboxylic acids is 1. The normalized spacial score (nSPS) is 17.0. The number of carbonyl (C=O) groups is 1. The maximum Gasteiger partial charge on any atom is 0.338 e. The molecule has 3 rings (SSSR count). The van der Waals surface area contributed by atoms with E-state index in [4.69, 9.17) is 4.74 Å². The van der Waals surface area contributed by atoms with Crippen molar-refractivity contribution in [1.82, 2.24) is 20.2 Å². The number of tetrazole rings is 1. The predicted octanol–water partition coefficient (Wildman–Crippen LogP) is 2.22. The van der Waals surface area contributed by atoms with E-state index in [1.807, 2.05) is 52.0 Å². The number of ether oxygens (including phenoxy) is 1. The lowest BCUT2D eigenvalue weighted by molar-refractivity contribution is -0.143. The van der Waals surface area contributed by atoms with Gasteiger partial charge in [-0.2, -0.15) is 4.68 Å². The summed E-state index contributed by atoms with van der Waals surface area (Å²) in [5, 5.41) is 14.8. The average Bonchev–Trinajstić information content (AvgIpc) is 2.93. The third-order valence-electron chi connectivity index (χ3n) is 3.67. The molecule has 1 aromatic carbocycles. The van der Waals surface area contributed by atoms with Crippen LogP contribution < -0.4 is 5.32 Å². The molecule has 0 amide bonds. The van der Waals surface area contributed by atoms with Crippen LogP contribution in [0.3, 0.4) is 0 Å². The van der Waals surface area contributed by atoms with Crippen molar-refractivity contribution in [3.05, 3.63) is 46.7 Å². The van der Waals surface area contributed by atoms with Gasteiger partial charge in [0.05, 0.1) is 11.7 Å². The van der Waals surface area contributed by atoms with Gasteiger partial charge in [0.25, 0.3) is 0 Å². The number of hydrogen-bond acceptors (Lipinski definition) is 6. The molecule has 2 heterocycles. The zero-order valence-electron chi connectivity index (χ0n) is 13.6. The van der Waals surface area contributed by atoms with E-state index >= 15 is 0 Å². The molecule has 1 unspecified atom stereocenters. The Balaban J connectivity index is 2.10. The monoisotopic (exact) mass is 313 g/mol. The molecule has 7 nitrogen and oxygen atoms in total. The van der Waals surface area contributed by atoms with E-state index in [-0.39, 0.29) is 12.1 Å².